The fourth-order valence-corrected chi connectivity index (χ4v) is 2.67. The van der Waals surface area contributed by atoms with Crippen molar-refractivity contribution in [1.82, 2.24) is 0 Å². The summed E-state index contributed by atoms with van der Waals surface area (Å²) in [6.07, 6.45) is 0.516. The maximum Gasteiger partial charge on any atom is 0.342 e. The van der Waals surface area contributed by atoms with Crippen molar-refractivity contribution in [3.8, 4) is 0 Å². The van der Waals surface area contributed by atoms with Gasteiger partial charge in [-0.3, -0.25) is 0 Å². The van der Waals surface area contributed by atoms with E-state index in [9.17, 15) is 19.2 Å². The minimum absolute atomic E-state index is 0.0199. The van der Waals surface area contributed by atoms with E-state index in [1.54, 1.807) is 0 Å². The summed E-state index contributed by atoms with van der Waals surface area (Å²) in [4.78, 5) is 48.1. The minimum atomic E-state index is -0.620. The number of carbonyl (C=O) groups excluding carboxylic acids is 4. The number of hydrogen-bond donors (Lipinski definition) is 0. The van der Waals surface area contributed by atoms with Gasteiger partial charge in [0.15, 0.2) is 0 Å². The van der Waals surface area contributed by atoms with Crippen LogP contribution in [0, 0.1) is 0 Å². The zero-order valence-electron chi connectivity index (χ0n) is 16.6. The van der Waals surface area contributed by atoms with Crippen molar-refractivity contribution in [2.75, 3.05) is 39.6 Å². The Kier molecular flexibility index (Phi) is 7.79. The van der Waals surface area contributed by atoms with Crippen LogP contribution < -0.4 is 0 Å². The third-order valence-electron chi connectivity index (χ3n) is 4.31. The Bertz CT molecular complexity index is 961. The highest BCUT2D eigenvalue weighted by atomic mass is 16.6. The number of benzene rings is 1. The van der Waals surface area contributed by atoms with E-state index in [4.69, 9.17) is 23.7 Å². The van der Waals surface area contributed by atoms with E-state index < -0.39 is 23.9 Å². The summed E-state index contributed by atoms with van der Waals surface area (Å²) in [5.74, 6) is -2.37. The molecule has 0 N–H and O–H groups in total. The van der Waals surface area contributed by atoms with Crippen LogP contribution in [0.5, 0.6) is 0 Å². The van der Waals surface area contributed by atoms with Gasteiger partial charge in [0, 0.05) is 0 Å². The molecule has 1 aliphatic carbocycles. The van der Waals surface area contributed by atoms with Crippen LogP contribution in [0.15, 0.2) is 46.9 Å². The van der Waals surface area contributed by atoms with Gasteiger partial charge < -0.3 is 23.7 Å². The zero-order chi connectivity index (χ0) is 22.1. The minimum Gasteiger partial charge on any atom is -0.460 e. The lowest BCUT2D eigenvalue weighted by molar-refractivity contribution is -0.142. The molecule has 0 saturated heterocycles. The molecule has 0 fully saturated rings. The molecule has 1 aromatic rings. The average molecular weight is 428 g/mol. The first-order chi connectivity index (χ1) is 15.0. The molecule has 4 aliphatic heterocycles. The van der Waals surface area contributed by atoms with E-state index in [-0.39, 0.29) is 74.8 Å². The van der Waals surface area contributed by atoms with Gasteiger partial charge in [0.25, 0.3) is 0 Å². The second-order valence-corrected chi connectivity index (χ2v) is 6.44. The Morgan fingerprint density at radius 2 is 0.871 bits per heavy atom. The maximum absolute atomic E-state index is 12.1. The average Bonchev–Trinajstić information content (AvgIpc) is 2.80. The summed E-state index contributed by atoms with van der Waals surface area (Å²) < 4.78 is 25.5. The highest BCUT2D eigenvalue weighted by Gasteiger charge is 2.19. The van der Waals surface area contributed by atoms with Crippen LogP contribution in [0.4, 0.5) is 0 Å². The van der Waals surface area contributed by atoms with Crippen molar-refractivity contribution in [3.63, 3.8) is 0 Å². The molecule has 0 unspecified atom stereocenters. The predicted molar refractivity (Wildman–Crippen MR) is 103 cm³/mol. The normalized spacial score (nSPS) is 19.0. The van der Waals surface area contributed by atoms with Gasteiger partial charge in [-0.05, 0) is 37.1 Å². The molecule has 9 nitrogen and oxygen atoms in total. The first kappa shape index (κ1) is 22.1. The van der Waals surface area contributed by atoms with Gasteiger partial charge in [-0.15, -0.1) is 0 Å². The largest absolute Gasteiger partial charge is 0.460 e. The molecule has 0 aromatic heterocycles. The van der Waals surface area contributed by atoms with Crippen molar-refractivity contribution in [2.24, 2.45) is 0 Å². The van der Waals surface area contributed by atoms with Gasteiger partial charge in [0.05, 0.1) is 35.5 Å². The lowest BCUT2D eigenvalue weighted by Gasteiger charge is -2.10. The second kappa shape index (κ2) is 10.9. The van der Waals surface area contributed by atoms with Gasteiger partial charge in [0.2, 0.25) is 0 Å². The molecule has 0 amide bonds. The maximum atomic E-state index is 12.1. The summed E-state index contributed by atoms with van der Waals surface area (Å²) in [6, 6.07) is 5.76. The van der Waals surface area contributed by atoms with Gasteiger partial charge >= 0.3 is 23.9 Å². The lowest BCUT2D eigenvalue weighted by Crippen LogP contribution is -2.17. The quantitative estimate of drug-likeness (QED) is 0.345. The van der Waals surface area contributed by atoms with Gasteiger partial charge in [-0.25, -0.2) is 19.2 Å². The van der Waals surface area contributed by atoms with Crippen molar-refractivity contribution in [1.29, 1.82) is 0 Å². The van der Waals surface area contributed by atoms with Crippen molar-refractivity contribution < 1.29 is 42.9 Å². The molecule has 0 saturated carbocycles. The van der Waals surface area contributed by atoms with Crippen LogP contribution in [-0.2, 0) is 33.3 Å². The molecule has 4 bridgehead atoms. The van der Waals surface area contributed by atoms with Gasteiger partial charge in [-0.2, -0.15) is 0 Å². The monoisotopic (exact) mass is 428 g/mol. The molecule has 31 heavy (non-hydrogen) atoms. The van der Waals surface area contributed by atoms with Crippen LogP contribution in [0.3, 0.4) is 0 Å². The van der Waals surface area contributed by atoms with Crippen LogP contribution in [-0.4, -0.2) is 63.5 Å². The summed E-state index contributed by atoms with van der Waals surface area (Å²) in [7, 11) is 0. The number of rotatable bonds is 0. The third-order valence-corrected chi connectivity index (χ3v) is 4.31. The van der Waals surface area contributed by atoms with Crippen LogP contribution in [0.25, 0.3) is 0 Å². The fraction of sp³-hybridized carbons (Fsp3) is 0.364. The summed E-state index contributed by atoms with van der Waals surface area (Å²) >= 11 is 0. The topological polar surface area (TPSA) is 114 Å². The molecule has 6 rings (SSSR count). The predicted octanol–water partition coefficient (Wildman–Crippen LogP) is 1.52. The van der Waals surface area contributed by atoms with E-state index in [1.807, 2.05) is 0 Å². The smallest absolute Gasteiger partial charge is 0.342 e. The molecular weight excluding hydrogens is 408 g/mol. The van der Waals surface area contributed by atoms with E-state index in [1.165, 1.54) is 24.3 Å². The molecular formula is C22H20O9. The van der Waals surface area contributed by atoms with Crippen molar-refractivity contribution >= 4 is 23.9 Å². The highest BCUT2D eigenvalue weighted by Crippen LogP contribution is 2.17. The van der Waals surface area contributed by atoms with Crippen molar-refractivity contribution in [2.45, 2.75) is 12.8 Å². The van der Waals surface area contributed by atoms with Crippen LogP contribution >= 0.6 is 0 Å². The van der Waals surface area contributed by atoms with Gasteiger partial charge in [-0.1, -0.05) is 11.5 Å². The van der Waals surface area contributed by atoms with Crippen LogP contribution in [0.2, 0.25) is 0 Å². The van der Waals surface area contributed by atoms with E-state index in [0.717, 1.165) is 0 Å². The third kappa shape index (κ3) is 6.42. The molecule has 0 radical (unpaired) electrons. The summed E-state index contributed by atoms with van der Waals surface area (Å²) in [5.41, 5.74) is 6.26. The SMILES string of the molecule is O=C1OCCOCCOC(=O)c2ccc(cc2)C(=O)OCCOC(=O)C2=C=C=C1CC2. The van der Waals surface area contributed by atoms with E-state index in [2.05, 4.69) is 11.5 Å². The molecule has 9 heteroatoms. The fourth-order valence-electron chi connectivity index (χ4n) is 2.67. The van der Waals surface area contributed by atoms with Crippen molar-refractivity contribution in [3.05, 3.63) is 58.0 Å². The second-order valence-electron chi connectivity index (χ2n) is 6.44. The first-order valence-corrected chi connectivity index (χ1v) is 9.64. The molecule has 0 spiro atoms. The lowest BCUT2D eigenvalue weighted by atomic mass is 10.0. The van der Waals surface area contributed by atoms with Gasteiger partial charge in [0.1, 0.15) is 26.4 Å². The Labute approximate surface area is 177 Å². The standard InChI is InChI=1S/C22H20O9/c23-19-15-1-5-17(6-2-15)21(25)30-13-14-31-22(26)18-7-3-16(4-8-18)20(24)29-12-10-27-9-11-28-19/h1-2,5-6H,3,7,9-14H2. The number of esters is 4. The number of hydrogen-bond acceptors (Lipinski definition) is 9. The molecule has 162 valence electrons. The Hall–Kier alpha value is -3.64. The highest BCUT2D eigenvalue weighted by molar-refractivity contribution is 5.93. The summed E-state index contributed by atoms with van der Waals surface area (Å²) in [5, 5.41) is 0. The Balaban J connectivity index is 1.67. The van der Waals surface area contributed by atoms with E-state index >= 15 is 0 Å². The number of ether oxygens (including phenoxy) is 5. The molecule has 5 aliphatic rings. The van der Waals surface area contributed by atoms with E-state index in [0.29, 0.717) is 0 Å². The van der Waals surface area contributed by atoms with Crippen LogP contribution in [0.1, 0.15) is 33.6 Å². The zero-order valence-corrected chi connectivity index (χ0v) is 16.6. The number of carbonyl (C=O) groups is 4. The summed E-state index contributed by atoms with van der Waals surface area (Å²) in [6.45, 7) is 0.0185. The Morgan fingerprint density at radius 3 is 1.26 bits per heavy atom. The molecule has 1 aromatic carbocycles. The first-order valence-electron chi connectivity index (χ1n) is 9.64. The molecule has 0 atom stereocenters. The molecule has 4 heterocycles. The Morgan fingerprint density at radius 1 is 0.516 bits per heavy atom.